The number of hydrogen-bond donors (Lipinski definition) is 1. The highest BCUT2D eigenvalue weighted by Gasteiger charge is 2.22. The number of thiophene rings is 1. The van der Waals surface area contributed by atoms with Crippen LogP contribution in [0.25, 0.3) is 10.2 Å². The van der Waals surface area contributed by atoms with Crippen molar-refractivity contribution in [2.75, 3.05) is 6.61 Å². The molecule has 1 N–H and O–H groups in total. The lowest BCUT2D eigenvalue weighted by atomic mass is 10.2. The number of nitrogens with zero attached hydrogens (tertiary/aromatic N) is 5. The molecule has 3 aromatic heterocycles. The lowest BCUT2D eigenvalue weighted by Gasteiger charge is -2.12. The minimum atomic E-state index is -0.0850. The lowest BCUT2D eigenvalue weighted by molar-refractivity contribution is 0.0911. The zero-order valence-electron chi connectivity index (χ0n) is 14.9. The van der Waals surface area contributed by atoms with Crippen molar-refractivity contribution in [1.29, 1.82) is 0 Å². The van der Waals surface area contributed by atoms with Crippen LogP contribution in [0.4, 0.5) is 0 Å². The van der Waals surface area contributed by atoms with Crippen molar-refractivity contribution in [1.82, 2.24) is 30.2 Å². The Balaban J connectivity index is 1.57. The first-order valence-corrected chi connectivity index (χ1v) is 10.3. The summed E-state index contributed by atoms with van der Waals surface area (Å²) in [5.41, 5.74) is 0.921. The third-order valence-corrected chi connectivity index (χ3v) is 6.81. The highest BCUT2D eigenvalue weighted by molar-refractivity contribution is 7.99. The van der Waals surface area contributed by atoms with Gasteiger partial charge < -0.3 is 9.72 Å². The molecule has 10 heteroatoms. The number of rotatable bonds is 5. The van der Waals surface area contributed by atoms with Crippen LogP contribution in [0, 0.1) is 13.8 Å². The first-order valence-electron chi connectivity index (χ1n) is 8.57. The van der Waals surface area contributed by atoms with Crippen LogP contribution in [-0.2, 0) is 11.3 Å². The first kappa shape index (κ1) is 17.6. The maximum atomic E-state index is 12.5. The van der Waals surface area contributed by atoms with Gasteiger partial charge in [-0.05, 0) is 49.6 Å². The molecule has 0 aromatic carbocycles. The monoisotopic (exact) mass is 392 g/mol. The number of hydrogen-bond acceptors (Lipinski definition) is 8. The van der Waals surface area contributed by atoms with Gasteiger partial charge in [-0.25, -0.2) is 9.67 Å². The summed E-state index contributed by atoms with van der Waals surface area (Å²) in [6.07, 6.45) is 2.28. The molecule has 138 valence electrons. The molecule has 3 aromatic rings. The summed E-state index contributed by atoms with van der Waals surface area (Å²) in [6.45, 7) is 7.42. The summed E-state index contributed by atoms with van der Waals surface area (Å²) in [4.78, 5) is 22.0. The molecule has 2 atom stereocenters. The van der Waals surface area contributed by atoms with Gasteiger partial charge in [0.15, 0.2) is 0 Å². The molecule has 0 amide bonds. The zero-order valence-corrected chi connectivity index (χ0v) is 16.5. The van der Waals surface area contributed by atoms with Crippen LogP contribution >= 0.6 is 23.1 Å². The molecule has 0 saturated carbocycles. The maximum absolute atomic E-state index is 12.5. The summed E-state index contributed by atoms with van der Waals surface area (Å²) in [5, 5.41) is 13.3. The number of thioether (sulfide) groups is 1. The number of aromatic amines is 1. The number of aryl methyl sites for hydroxylation is 2. The predicted molar refractivity (Wildman–Crippen MR) is 101 cm³/mol. The molecule has 4 heterocycles. The molecule has 1 fully saturated rings. The van der Waals surface area contributed by atoms with Gasteiger partial charge in [-0.2, -0.15) is 0 Å². The molecule has 0 radical (unpaired) electrons. The normalized spacial score (nSPS) is 18.7. The van der Waals surface area contributed by atoms with E-state index in [1.54, 1.807) is 16.0 Å². The Hall–Kier alpha value is -1.78. The van der Waals surface area contributed by atoms with E-state index in [-0.39, 0.29) is 16.9 Å². The minimum Gasteiger partial charge on any atom is -0.376 e. The van der Waals surface area contributed by atoms with Crippen molar-refractivity contribution in [2.24, 2.45) is 0 Å². The SMILES string of the molecule is Cc1sc2nc([C@H](C)Sc3nnnn3C[C@@H]3CCCO3)[nH]c(=O)c2c1C. The molecule has 0 aliphatic carbocycles. The molecule has 4 rings (SSSR count). The Morgan fingerprint density at radius 2 is 2.31 bits per heavy atom. The zero-order chi connectivity index (χ0) is 18.3. The molecule has 8 nitrogen and oxygen atoms in total. The van der Waals surface area contributed by atoms with Gasteiger partial charge in [0.1, 0.15) is 10.7 Å². The van der Waals surface area contributed by atoms with E-state index in [0.717, 1.165) is 34.7 Å². The average Bonchev–Trinajstić information content (AvgIpc) is 3.32. The third kappa shape index (κ3) is 3.28. The van der Waals surface area contributed by atoms with E-state index in [1.807, 2.05) is 20.8 Å². The van der Waals surface area contributed by atoms with Crippen molar-refractivity contribution in [3.63, 3.8) is 0 Å². The fraction of sp³-hybridized carbons (Fsp3) is 0.562. The number of aromatic nitrogens is 6. The molecular weight excluding hydrogens is 372 g/mol. The van der Waals surface area contributed by atoms with Crippen LogP contribution in [0.1, 0.15) is 41.3 Å². The van der Waals surface area contributed by atoms with Gasteiger partial charge in [0.05, 0.1) is 23.3 Å². The van der Waals surface area contributed by atoms with Crippen LogP contribution in [0.2, 0.25) is 0 Å². The second-order valence-electron chi connectivity index (χ2n) is 6.45. The molecule has 1 saturated heterocycles. The van der Waals surface area contributed by atoms with E-state index in [9.17, 15) is 4.79 Å². The summed E-state index contributed by atoms with van der Waals surface area (Å²) in [5.74, 6) is 0.639. The molecule has 26 heavy (non-hydrogen) atoms. The van der Waals surface area contributed by atoms with E-state index in [0.29, 0.717) is 22.9 Å². The minimum absolute atomic E-state index is 0.0796. The van der Waals surface area contributed by atoms with Crippen molar-refractivity contribution in [2.45, 2.75) is 56.7 Å². The Bertz CT molecular complexity index is 988. The molecule has 0 unspecified atom stereocenters. The summed E-state index contributed by atoms with van der Waals surface area (Å²) < 4.78 is 7.44. The van der Waals surface area contributed by atoms with Gasteiger partial charge in [-0.1, -0.05) is 11.8 Å². The van der Waals surface area contributed by atoms with Gasteiger partial charge in [0.25, 0.3) is 5.56 Å². The number of tetrazole rings is 1. The van der Waals surface area contributed by atoms with Crippen molar-refractivity contribution in [3.8, 4) is 0 Å². The standard InChI is InChI=1S/C16H20N6O2S2/c1-8-9(2)25-15-12(8)14(23)17-13(18-15)10(3)26-16-19-20-21-22(16)7-11-5-4-6-24-11/h10-11H,4-7H2,1-3H3,(H,17,18,23)/t10-,11-/m0/s1. The Kier molecular flexibility index (Phi) is 4.80. The van der Waals surface area contributed by atoms with Gasteiger partial charge in [-0.15, -0.1) is 16.4 Å². The van der Waals surface area contributed by atoms with E-state index >= 15 is 0 Å². The molecule has 0 spiro atoms. The molecule has 1 aliphatic rings. The van der Waals surface area contributed by atoms with E-state index in [1.165, 1.54) is 11.8 Å². The van der Waals surface area contributed by atoms with E-state index < -0.39 is 0 Å². The van der Waals surface area contributed by atoms with E-state index in [4.69, 9.17) is 4.74 Å². The fourth-order valence-electron chi connectivity index (χ4n) is 3.05. The smallest absolute Gasteiger partial charge is 0.259 e. The number of nitrogens with one attached hydrogen (secondary N) is 1. The summed E-state index contributed by atoms with van der Waals surface area (Å²) in [6, 6.07) is 0. The topological polar surface area (TPSA) is 98.6 Å². The molecule has 1 aliphatic heterocycles. The number of H-pyrrole nitrogens is 1. The summed E-state index contributed by atoms with van der Waals surface area (Å²) >= 11 is 3.04. The van der Waals surface area contributed by atoms with Crippen LogP contribution in [0.5, 0.6) is 0 Å². The number of fused-ring (bicyclic) bond motifs is 1. The van der Waals surface area contributed by atoms with Gasteiger partial charge in [-0.3, -0.25) is 4.79 Å². The maximum Gasteiger partial charge on any atom is 0.259 e. The highest BCUT2D eigenvalue weighted by Crippen LogP contribution is 2.33. The number of ether oxygens (including phenoxy) is 1. The fourth-order valence-corrected chi connectivity index (χ4v) is 4.95. The van der Waals surface area contributed by atoms with Crippen LogP contribution in [-0.4, -0.2) is 42.9 Å². The molecular formula is C16H20N6O2S2. The Morgan fingerprint density at radius 1 is 1.46 bits per heavy atom. The Morgan fingerprint density at radius 3 is 3.08 bits per heavy atom. The Labute approximate surface area is 158 Å². The quantitative estimate of drug-likeness (QED) is 0.666. The van der Waals surface area contributed by atoms with Crippen LogP contribution < -0.4 is 5.56 Å². The van der Waals surface area contributed by atoms with Crippen LogP contribution in [0.15, 0.2) is 9.95 Å². The summed E-state index contributed by atoms with van der Waals surface area (Å²) in [7, 11) is 0. The van der Waals surface area contributed by atoms with Crippen molar-refractivity contribution >= 4 is 33.3 Å². The first-order chi connectivity index (χ1) is 12.5. The molecule has 0 bridgehead atoms. The lowest BCUT2D eigenvalue weighted by Crippen LogP contribution is -2.17. The predicted octanol–water partition coefficient (Wildman–Crippen LogP) is 2.62. The third-order valence-electron chi connectivity index (χ3n) is 4.62. The van der Waals surface area contributed by atoms with E-state index in [2.05, 4.69) is 25.5 Å². The second kappa shape index (κ2) is 7.09. The van der Waals surface area contributed by atoms with Gasteiger partial charge in [0, 0.05) is 11.5 Å². The average molecular weight is 393 g/mol. The van der Waals surface area contributed by atoms with Gasteiger partial charge >= 0.3 is 0 Å². The van der Waals surface area contributed by atoms with Gasteiger partial charge in [0.2, 0.25) is 5.16 Å². The highest BCUT2D eigenvalue weighted by atomic mass is 32.2. The second-order valence-corrected chi connectivity index (χ2v) is 8.96. The van der Waals surface area contributed by atoms with Crippen molar-refractivity contribution in [3.05, 3.63) is 26.6 Å². The largest absolute Gasteiger partial charge is 0.376 e. The van der Waals surface area contributed by atoms with Crippen molar-refractivity contribution < 1.29 is 4.74 Å². The van der Waals surface area contributed by atoms with Crippen LogP contribution in [0.3, 0.4) is 0 Å².